The molecule has 0 aliphatic heterocycles. The molecule has 0 aliphatic rings. The van der Waals surface area contributed by atoms with Gasteiger partial charge < -0.3 is 10.4 Å². The van der Waals surface area contributed by atoms with Crippen LogP contribution in [0.5, 0.6) is 0 Å². The largest absolute Gasteiger partial charge is 0.481 e. The van der Waals surface area contributed by atoms with Crippen LogP contribution in [0, 0.1) is 0 Å². The summed E-state index contributed by atoms with van der Waals surface area (Å²) in [5.74, 6) is -0.738. The predicted molar refractivity (Wildman–Crippen MR) is 67.0 cm³/mol. The van der Waals surface area contributed by atoms with E-state index in [1.807, 2.05) is 12.3 Å². The van der Waals surface area contributed by atoms with Crippen LogP contribution in [0.1, 0.15) is 32.3 Å². The van der Waals surface area contributed by atoms with E-state index in [0.29, 0.717) is 6.42 Å². The Hall–Kier alpha value is -1.42. The van der Waals surface area contributed by atoms with Crippen molar-refractivity contribution in [1.29, 1.82) is 0 Å². The summed E-state index contributed by atoms with van der Waals surface area (Å²) < 4.78 is 0. The Morgan fingerprint density at radius 1 is 1.53 bits per heavy atom. The van der Waals surface area contributed by atoms with Gasteiger partial charge >= 0.3 is 5.97 Å². The topological polar surface area (TPSA) is 62.2 Å². The van der Waals surface area contributed by atoms with Gasteiger partial charge in [0.1, 0.15) is 0 Å². The number of carboxylic acid groups (broad SMARTS) is 1. The minimum atomic E-state index is -0.738. The molecule has 1 aromatic rings. The summed E-state index contributed by atoms with van der Waals surface area (Å²) in [6, 6.07) is 3.99. The number of hydrogen-bond acceptors (Lipinski definition) is 3. The standard InChI is InChI=1S/C13H20N2O2/c1-13(2,11-5-3-7-14-9-11)10-15-8-4-6-12(16)17/h3,5,7,9,15H,4,6,8,10H2,1-2H3,(H,16,17). The summed E-state index contributed by atoms with van der Waals surface area (Å²) in [6.45, 7) is 5.84. The maximum absolute atomic E-state index is 10.3. The second kappa shape index (κ2) is 6.35. The first kappa shape index (κ1) is 13.6. The van der Waals surface area contributed by atoms with Crippen LogP contribution < -0.4 is 5.32 Å². The SMILES string of the molecule is CC(C)(CNCCCC(=O)O)c1cccnc1. The molecule has 0 amide bonds. The number of rotatable bonds is 7. The molecule has 0 saturated carbocycles. The monoisotopic (exact) mass is 236 g/mol. The zero-order valence-electron chi connectivity index (χ0n) is 10.4. The average Bonchev–Trinajstić information content (AvgIpc) is 2.29. The Labute approximate surface area is 102 Å². The average molecular weight is 236 g/mol. The quantitative estimate of drug-likeness (QED) is 0.709. The van der Waals surface area contributed by atoms with Crippen LogP contribution in [0.2, 0.25) is 0 Å². The summed E-state index contributed by atoms with van der Waals surface area (Å²) in [5, 5.41) is 11.8. The second-order valence-electron chi connectivity index (χ2n) is 4.80. The number of nitrogens with zero attached hydrogens (tertiary/aromatic N) is 1. The van der Waals surface area contributed by atoms with Gasteiger partial charge in [0.15, 0.2) is 0 Å². The van der Waals surface area contributed by atoms with E-state index in [2.05, 4.69) is 30.2 Å². The molecule has 0 bridgehead atoms. The van der Waals surface area contributed by atoms with Crippen LogP contribution >= 0.6 is 0 Å². The van der Waals surface area contributed by atoms with Crippen LogP contribution in [0.15, 0.2) is 24.5 Å². The highest BCUT2D eigenvalue weighted by molar-refractivity contribution is 5.66. The highest BCUT2D eigenvalue weighted by Crippen LogP contribution is 2.20. The Morgan fingerprint density at radius 3 is 2.88 bits per heavy atom. The van der Waals surface area contributed by atoms with E-state index in [1.165, 1.54) is 5.56 Å². The van der Waals surface area contributed by atoms with E-state index in [-0.39, 0.29) is 11.8 Å². The van der Waals surface area contributed by atoms with Crippen molar-refractivity contribution in [2.75, 3.05) is 13.1 Å². The maximum atomic E-state index is 10.3. The Morgan fingerprint density at radius 2 is 2.29 bits per heavy atom. The minimum Gasteiger partial charge on any atom is -0.481 e. The first-order valence-corrected chi connectivity index (χ1v) is 5.85. The van der Waals surface area contributed by atoms with Gasteiger partial charge in [-0.15, -0.1) is 0 Å². The van der Waals surface area contributed by atoms with Gasteiger partial charge in [0.2, 0.25) is 0 Å². The van der Waals surface area contributed by atoms with Gasteiger partial charge in [-0.05, 0) is 24.6 Å². The lowest BCUT2D eigenvalue weighted by Gasteiger charge is -2.25. The first-order chi connectivity index (χ1) is 8.02. The van der Waals surface area contributed by atoms with Crippen LogP contribution in [0.25, 0.3) is 0 Å². The molecule has 1 heterocycles. The van der Waals surface area contributed by atoms with E-state index in [1.54, 1.807) is 6.20 Å². The van der Waals surface area contributed by atoms with Crippen molar-refractivity contribution in [3.63, 3.8) is 0 Å². The lowest BCUT2D eigenvalue weighted by Crippen LogP contribution is -2.33. The number of aromatic nitrogens is 1. The maximum Gasteiger partial charge on any atom is 0.303 e. The molecule has 94 valence electrons. The Kier molecular flexibility index (Phi) is 5.10. The summed E-state index contributed by atoms with van der Waals surface area (Å²) in [5.41, 5.74) is 1.20. The lowest BCUT2D eigenvalue weighted by atomic mass is 9.86. The molecule has 0 radical (unpaired) electrons. The molecule has 0 atom stereocenters. The van der Waals surface area contributed by atoms with Crippen molar-refractivity contribution in [2.45, 2.75) is 32.1 Å². The molecule has 0 saturated heterocycles. The van der Waals surface area contributed by atoms with E-state index in [4.69, 9.17) is 5.11 Å². The van der Waals surface area contributed by atoms with Gasteiger partial charge in [0.05, 0.1) is 0 Å². The molecule has 4 heteroatoms. The molecule has 1 rings (SSSR count). The van der Waals surface area contributed by atoms with Crippen molar-refractivity contribution >= 4 is 5.97 Å². The van der Waals surface area contributed by atoms with Crippen LogP contribution in [0.3, 0.4) is 0 Å². The zero-order valence-corrected chi connectivity index (χ0v) is 10.4. The third-order valence-electron chi connectivity index (χ3n) is 2.75. The van der Waals surface area contributed by atoms with Gasteiger partial charge in [-0.3, -0.25) is 9.78 Å². The third kappa shape index (κ3) is 4.95. The van der Waals surface area contributed by atoms with E-state index in [0.717, 1.165) is 13.1 Å². The molecule has 1 aromatic heterocycles. The molecule has 2 N–H and O–H groups in total. The van der Waals surface area contributed by atoms with Crippen molar-refractivity contribution in [2.24, 2.45) is 0 Å². The third-order valence-corrected chi connectivity index (χ3v) is 2.75. The summed E-state index contributed by atoms with van der Waals surface area (Å²) in [6.07, 6.45) is 4.53. The molecule has 0 fully saturated rings. The molecule has 0 aromatic carbocycles. The van der Waals surface area contributed by atoms with Crippen molar-refractivity contribution in [3.8, 4) is 0 Å². The predicted octanol–water partition coefficient (Wildman–Crippen LogP) is 1.81. The Balaban J connectivity index is 2.33. The number of carboxylic acids is 1. The molecule has 0 aliphatic carbocycles. The normalized spacial score (nSPS) is 11.4. The van der Waals surface area contributed by atoms with Crippen LogP contribution in [-0.4, -0.2) is 29.1 Å². The molecule has 0 spiro atoms. The number of aliphatic carboxylic acids is 1. The number of nitrogens with one attached hydrogen (secondary N) is 1. The zero-order chi connectivity index (χ0) is 12.7. The van der Waals surface area contributed by atoms with Gasteiger partial charge in [0.25, 0.3) is 0 Å². The summed E-state index contributed by atoms with van der Waals surface area (Å²) in [7, 11) is 0. The van der Waals surface area contributed by atoms with E-state index in [9.17, 15) is 4.79 Å². The molecule has 0 unspecified atom stereocenters. The van der Waals surface area contributed by atoms with E-state index < -0.39 is 5.97 Å². The molecule has 17 heavy (non-hydrogen) atoms. The first-order valence-electron chi connectivity index (χ1n) is 5.85. The molecule has 4 nitrogen and oxygen atoms in total. The highest BCUT2D eigenvalue weighted by Gasteiger charge is 2.19. The van der Waals surface area contributed by atoms with Crippen LogP contribution in [-0.2, 0) is 10.2 Å². The number of hydrogen-bond donors (Lipinski definition) is 2. The number of pyridine rings is 1. The smallest absolute Gasteiger partial charge is 0.303 e. The van der Waals surface area contributed by atoms with Gasteiger partial charge in [0, 0.05) is 30.8 Å². The van der Waals surface area contributed by atoms with Crippen molar-refractivity contribution < 1.29 is 9.90 Å². The van der Waals surface area contributed by atoms with Crippen molar-refractivity contribution in [1.82, 2.24) is 10.3 Å². The fourth-order valence-electron chi connectivity index (χ4n) is 1.63. The van der Waals surface area contributed by atoms with Gasteiger partial charge in [-0.25, -0.2) is 0 Å². The fourth-order valence-corrected chi connectivity index (χ4v) is 1.63. The van der Waals surface area contributed by atoms with Crippen LogP contribution in [0.4, 0.5) is 0 Å². The number of carbonyl (C=O) groups is 1. The summed E-state index contributed by atoms with van der Waals surface area (Å²) in [4.78, 5) is 14.5. The molecular formula is C13H20N2O2. The summed E-state index contributed by atoms with van der Waals surface area (Å²) >= 11 is 0. The molecular weight excluding hydrogens is 216 g/mol. The fraction of sp³-hybridized carbons (Fsp3) is 0.538. The van der Waals surface area contributed by atoms with Gasteiger partial charge in [-0.2, -0.15) is 0 Å². The highest BCUT2D eigenvalue weighted by atomic mass is 16.4. The van der Waals surface area contributed by atoms with E-state index >= 15 is 0 Å². The lowest BCUT2D eigenvalue weighted by molar-refractivity contribution is -0.137. The van der Waals surface area contributed by atoms with Crippen molar-refractivity contribution in [3.05, 3.63) is 30.1 Å². The second-order valence-corrected chi connectivity index (χ2v) is 4.80. The Bertz CT molecular complexity index is 350. The minimum absolute atomic E-state index is 0.0114. The van der Waals surface area contributed by atoms with Gasteiger partial charge in [-0.1, -0.05) is 19.9 Å².